The third-order valence-electron chi connectivity index (χ3n) is 4.05. The Kier molecular flexibility index (Phi) is 5.31. The van der Waals surface area contributed by atoms with Crippen molar-refractivity contribution in [2.24, 2.45) is 0 Å². The van der Waals surface area contributed by atoms with Crippen LogP contribution in [0.15, 0.2) is 55.0 Å². The SMILES string of the molecule is Cc1ccc(OC(C)C(=O)NCc2ccnc(-n3ccnc3C)c2)cc1. The van der Waals surface area contributed by atoms with Crippen molar-refractivity contribution in [3.63, 3.8) is 0 Å². The number of carbonyl (C=O) groups excluding carboxylic acids is 1. The number of ether oxygens (including phenoxy) is 1. The first kappa shape index (κ1) is 17.7. The van der Waals surface area contributed by atoms with Crippen molar-refractivity contribution in [1.82, 2.24) is 19.9 Å². The van der Waals surface area contributed by atoms with Crippen LogP contribution in [0.1, 0.15) is 23.9 Å². The third-order valence-corrected chi connectivity index (χ3v) is 4.05. The van der Waals surface area contributed by atoms with Crippen LogP contribution in [0.3, 0.4) is 0 Å². The molecule has 1 atom stereocenters. The second-order valence-corrected chi connectivity index (χ2v) is 6.16. The Balaban J connectivity index is 1.59. The fourth-order valence-electron chi connectivity index (χ4n) is 2.53. The Labute approximate surface area is 152 Å². The molecule has 0 saturated heterocycles. The zero-order chi connectivity index (χ0) is 18.5. The van der Waals surface area contributed by atoms with Gasteiger partial charge in [-0.1, -0.05) is 17.7 Å². The second kappa shape index (κ2) is 7.82. The predicted molar refractivity (Wildman–Crippen MR) is 99.2 cm³/mol. The molecule has 1 amide bonds. The Morgan fingerprint density at radius 1 is 1.15 bits per heavy atom. The summed E-state index contributed by atoms with van der Waals surface area (Å²) >= 11 is 0. The van der Waals surface area contributed by atoms with Gasteiger partial charge in [0.25, 0.3) is 5.91 Å². The van der Waals surface area contributed by atoms with Gasteiger partial charge in [0.15, 0.2) is 6.10 Å². The molecule has 0 aliphatic rings. The molecule has 0 spiro atoms. The zero-order valence-corrected chi connectivity index (χ0v) is 15.1. The van der Waals surface area contributed by atoms with Crippen LogP contribution >= 0.6 is 0 Å². The standard InChI is InChI=1S/C20H22N4O2/c1-14-4-6-18(7-5-14)26-15(2)20(25)23-13-17-8-9-22-19(12-17)24-11-10-21-16(24)3/h4-12,15H,13H2,1-3H3,(H,23,25). The van der Waals surface area contributed by atoms with Crippen LogP contribution in [0, 0.1) is 13.8 Å². The number of carbonyl (C=O) groups is 1. The van der Waals surface area contributed by atoms with Gasteiger partial charge in [-0.2, -0.15) is 0 Å². The van der Waals surface area contributed by atoms with Crippen LogP contribution in [-0.4, -0.2) is 26.5 Å². The van der Waals surface area contributed by atoms with E-state index in [0.717, 1.165) is 22.8 Å². The summed E-state index contributed by atoms with van der Waals surface area (Å²) in [6, 6.07) is 11.4. The van der Waals surface area contributed by atoms with Gasteiger partial charge in [-0.15, -0.1) is 0 Å². The number of imidazole rings is 1. The molecule has 2 aromatic heterocycles. The van der Waals surface area contributed by atoms with Crippen molar-refractivity contribution < 1.29 is 9.53 Å². The summed E-state index contributed by atoms with van der Waals surface area (Å²) in [5, 5.41) is 2.90. The number of benzene rings is 1. The number of aryl methyl sites for hydroxylation is 2. The van der Waals surface area contributed by atoms with Gasteiger partial charge in [-0.25, -0.2) is 9.97 Å². The summed E-state index contributed by atoms with van der Waals surface area (Å²) in [5.74, 6) is 2.15. The van der Waals surface area contributed by atoms with Crippen LogP contribution in [0.5, 0.6) is 5.75 Å². The minimum Gasteiger partial charge on any atom is -0.481 e. The highest BCUT2D eigenvalue weighted by molar-refractivity contribution is 5.80. The van der Waals surface area contributed by atoms with E-state index in [1.165, 1.54) is 0 Å². The first-order valence-corrected chi connectivity index (χ1v) is 8.49. The van der Waals surface area contributed by atoms with Gasteiger partial charge in [0.05, 0.1) is 0 Å². The van der Waals surface area contributed by atoms with Gasteiger partial charge in [0, 0.05) is 25.1 Å². The average Bonchev–Trinajstić information content (AvgIpc) is 3.08. The average molecular weight is 350 g/mol. The van der Waals surface area contributed by atoms with Gasteiger partial charge >= 0.3 is 0 Å². The lowest BCUT2D eigenvalue weighted by atomic mass is 10.2. The summed E-state index contributed by atoms with van der Waals surface area (Å²) in [6.45, 7) is 6.07. The predicted octanol–water partition coefficient (Wildman–Crippen LogP) is 2.97. The number of rotatable bonds is 6. The highest BCUT2D eigenvalue weighted by atomic mass is 16.5. The topological polar surface area (TPSA) is 69.0 Å². The van der Waals surface area contributed by atoms with Crippen LogP contribution < -0.4 is 10.1 Å². The van der Waals surface area contributed by atoms with Gasteiger partial charge < -0.3 is 10.1 Å². The van der Waals surface area contributed by atoms with Gasteiger partial charge in [0.2, 0.25) is 0 Å². The molecular weight excluding hydrogens is 328 g/mol. The number of nitrogens with zero attached hydrogens (tertiary/aromatic N) is 3. The second-order valence-electron chi connectivity index (χ2n) is 6.16. The quantitative estimate of drug-likeness (QED) is 0.742. The van der Waals surface area contributed by atoms with Crippen molar-refractivity contribution >= 4 is 5.91 Å². The van der Waals surface area contributed by atoms with Gasteiger partial charge in [-0.05, 0) is 50.6 Å². The van der Waals surface area contributed by atoms with Crippen molar-refractivity contribution in [2.75, 3.05) is 0 Å². The molecule has 0 fully saturated rings. The Bertz CT molecular complexity index is 887. The molecule has 0 aliphatic heterocycles. The number of nitrogens with one attached hydrogen (secondary N) is 1. The third kappa shape index (κ3) is 4.27. The zero-order valence-electron chi connectivity index (χ0n) is 15.1. The summed E-state index contributed by atoms with van der Waals surface area (Å²) in [6.07, 6.45) is 4.74. The van der Waals surface area contributed by atoms with Gasteiger partial charge in [-0.3, -0.25) is 9.36 Å². The molecule has 0 bridgehead atoms. The number of hydrogen-bond acceptors (Lipinski definition) is 4. The van der Waals surface area contributed by atoms with E-state index in [9.17, 15) is 4.79 Å². The molecule has 26 heavy (non-hydrogen) atoms. The first-order valence-electron chi connectivity index (χ1n) is 8.49. The maximum atomic E-state index is 12.3. The van der Waals surface area contributed by atoms with E-state index < -0.39 is 6.10 Å². The van der Waals surface area contributed by atoms with E-state index in [4.69, 9.17) is 4.74 Å². The maximum Gasteiger partial charge on any atom is 0.261 e. The number of amides is 1. The minimum absolute atomic E-state index is 0.164. The Morgan fingerprint density at radius 3 is 2.62 bits per heavy atom. The van der Waals surface area contributed by atoms with Crippen molar-refractivity contribution in [1.29, 1.82) is 0 Å². The molecule has 3 aromatic rings. The first-order chi connectivity index (χ1) is 12.5. The molecule has 1 N–H and O–H groups in total. The van der Waals surface area contributed by atoms with Crippen LogP contribution in [0.25, 0.3) is 5.82 Å². The van der Waals surface area contributed by atoms with E-state index in [0.29, 0.717) is 12.3 Å². The Morgan fingerprint density at radius 2 is 1.92 bits per heavy atom. The molecule has 6 nitrogen and oxygen atoms in total. The van der Waals surface area contributed by atoms with Crippen molar-refractivity contribution in [2.45, 2.75) is 33.4 Å². The maximum absolute atomic E-state index is 12.3. The normalized spacial score (nSPS) is 11.8. The number of aromatic nitrogens is 3. The van der Waals surface area contributed by atoms with Crippen LogP contribution in [0.2, 0.25) is 0 Å². The minimum atomic E-state index is -0.574. The van der Waals surface area contributed by atoms with Gasteiger partial charge in [0.1, 0.15) is 17.4 Å². The van der Waals surface area contributed by atoms with Crippen LogP contribution in [0.4, 0.5) is 0 Å². The summed E-state index contributed by atoms with van der Waals surface area (Å²) in [4.78, 5) is 20.8. The summed E-state index contributed by atoms with van der Waals surface area (Å²) in [7, 11) is 0. The molecule has 134 valence electrons. The lowest BCUT2D eigenvalue weighted by Gasteiger charge is -2.15. The summed E-state index contributed by atoms with van der Waals surface area (Å²) < 4.78 is 7.58. The van der Waals surface area contributed by atoms with E-state index >= 15 is 0 Å². The molecule has 1 aromatic carbocycles. The van der Waals surface area contributed by atoms with E-state index in [2.05, 4.69) is 15.3 Å². The highest BCUT2D eigenvalue weighted by Gasteiger charge is 2.14. The molecule has 3 rings (SSSR count). The van der Waals surface area contributed by atoms with Crippen molar-refractivity contribution in [3.8, 4) is 11.6 Å². The number of pyridine rings is 1. The van der Waals surface area contributed by atoms with E-state index in [1.807, 2.05) is 61.0 Å². The molecule has 0 saturated carbocycles. The molecule has 0 aliphatic carbocycles. The highest BCUT2D eigenvalue weighted by Crippen LogP contribution is 2.14. The lowest BCUT2D eigenvalue weighted by Crippen LogP contribution is -2.35. The monoisotopic (exact) mass is 350 g/mol. The summed E-state index contributed by atoms with van der Waals surface area (Å²) in [5.41, 5.74) is 2.11. The van der Waals surface area contributed by atoms with E-state index in [1.54, 1.807) is 19.3 Å². The number of hydrogen-bond donors (Lipinski definition) is 1. The fraction of sp³-hybridized carbons (Fsp3) is 0.250. The molecule has 6 heteroatoms. The molecular formula is C20H22N4O2. The molecule has 2 heterocycles. The molecule has 0 radical (unpaired) electrons. The van der Waals surface area contributed by atoms with E-state index in [-0.39, 0.29) is 5.91 Å². The molecule has 1 unspecified atom stereocenters. The Hall–Kier alpha value is -3.15. The smallest absolute Gasteiger partial charge is 0.261 e. The largest absolute Gasteiger partial charge is 0.481 e. The van der Waals surface area contributed by atoms with Crippen molar-refractivity contribution in [3.05, 3.63) is 71.9 Å². The van der Waals surface area contributed by atoms with Crippen LogP contribution in [-0.2, 0) is 11.3 Å². The lowest BCUT2D eigenvalue weighted by molar-refractivity contribution is -0.127. The fourth-order valence-corrected chi connectivity index (χ4v) is 2.53.